The Hall–Kier alpha value is -2.36. The van der Waals surface area contributed by atoms with Crippen molar-refractivity contribution in [1.29, 1.82) is 0 Å². The molecule has 0 saturated carbocycles. The maximum atomic E-state index is 10.1. The van der Waals surface area contributed by atoms with E-state index in [-0.39, 0.29) is 5.75 Å². The molecule has 0 unspecified atom stereocenters. The van der Waals surface area contributed by atoms with Gasteiger partial charge in [0.1, 0.15) is 5.75 Å². The van der Waals surface area contributed by atoms with E-state index in [0.717, 1.165) is 30.0 Å². The van der Waals surface area contributed by atoms with E-state index >= 15 is 0 Å². The molecule has 0 atom stereocenters. The molecule has 0 saturated heterocycles. The summed E-state index contributed by atoms with van der Waals surface area (Å²) in [6.07, 6.45) is 3.44. The van der Waals surface area contributed by atoms with Crippen LogP contribution in [-0.4, -0.2) is 29.4 Å². The lowest BCUT2D eigenvalue weighted by atomic mass is 10.2. The number of hydrogen-bond donors (Lipinski definition) is 1. The Morgan fingerprint density at radius 2 is 2.00 bits per heavy atom. The molecule has 2 aromatic rings. The van der Waals surface area contributed by atoms with Gasteiger partial charge in [-0.25, -0.2) is 0 Å². The van der Waals surface area contributed by atoms with E-state index in [2.05, 4.69) is 28.7 Å². The normalized spacial score (nSPS) is 11.0. The molecule has 21 heavy (non-hydrogen) atoms. The molecule has 4 heteroatoms. The van der Waals surface area contributed by atoms with E-state index in [9.17, 15) is 5.11 Å². The average Bonchev–Trinajstić information content (AvgIpc) is 2.51. The number of benzene rings is 1. The second kappa shape index (κ2) is 7.43. The van der Waals surface area contributed by atoms with Crippen LogP contribution in [0.3, 0.4) is 0 Å². The summed E-state index contributed by atoms with van der Waals surface area (Å²) in [5.74, 6) is 0.254. The highest BCUT2D eigenvalue weighted by molar-refractivity contribution is 5.84. The van der Waals surface area contributed by atoms with Crippen LogP contribution >= 0.6 is 0 Å². The lowest BCUT2D eigenvalue weighted by molar-refractivity contribution is 0.474. The molecule has 1 aromatic carbocycles. The summed E-state index contributed by atoms with van der Waals surface area (Å²) >= 11 is 0. The van der Waals surface area contributed by atoms with Crippen LogP contribution in [-0.2, 0) is 6.54 Å². The zero-order valence-electron chi connectivity index (χ0n) is 12.5. The van der Waals surface area contributed by atoms with Gasteiger partial charge in [-0.3, -0.25) is 9.98 Å². The van der Waals surface area contributed by atoms with Crippen molar-refractivity contribution < 1.29 is 5.11 Å². The van der Waals surface area contributed by atoms with Crippen LogP contribution in [0.25, 0.3) is 0 Å². The van der Waals surface area contributed by atoms with E-state index in [1.54, 1.807) is 18.5 Å². The summed E-state index contributed by atoms with van der Waals surface area (Å²) in [5, 5.41) is 10.1. The fourth-order valence-electron chi connectivity index (χ4n) is 2.16. The van der Waals surface area contributed by atoms with Crippen LogP contribution in [0.5, 0.6) is 5.75 Å². The van der Waals surface area contributed by atoms with Gasteiger partial charge in [-0.05, 0) is 38.1 Å². The minimum Gasteiger partial charge on any atom is -0.507 e. The van der Waals surface area contributed by atoms with E-state index in [0.29, 0.717) is 6.54 Å². The van der Waals surface area contributed by atoms with Crippen LogP contribution in [0.1, 0.15) is 25.1 Å². The summed E-state index contributed by atoms with van der Waals surface area (Å²) in [5.41, 5.74) is 2.66. The lowest BCUT2D eigenvalue weighted by Gasteiger charge is -2.21. The van der Waals surface area contributed by atoms with Crippen molar-refractivity contribution in [2.75, 3.05) is 18.0 Å². The molecule has 1 aromatic heterocycles. The van der Waals surface area contributed by atoms with Crippen molar-refractivity contribution >= 4 is 11.9 Å². The molecule has 0 fully saturated rings. The number of aromatic nitrogens is 1. The number of anilines is 1. The van der Waals surface area contributed by atoms with Gasteiger partial charge in [0, 0.05) is 42.8 Å². The fraction of sp³-hybridized carbons (Fsp3) is 0.294. The Bertz CT molecular complexity index is 592. The first-order valence-corrected chi connectivity index (χ1v) is 7.22. The Labute approximate surface area is 125 Å². The predicted octanol–water partition coefficient (Wildman–Crippen LogP) is 3.25. The van der Waals surface area contributed by atoms with Gasteiger partial charge < -0.3 is 10.0 Å². The van der Waals surface area contributed by atoms with Crippen molar-refractivity contribution in [1.82, 2.24) is 4.98 Å². The number of hydrogen-bond acceptors (Lipinski definition) is 4. The molecular formula is C17H21N3O. The number of phenolic OH excluding ortho intramolecular Hbond substituents is 1. The van der Waals surface area contributed by atoms with Crippen molar-refractivity contribution in [3.05, 3.63) is 53.9 Å². The minimum atomic E-state index is 0.254. The standard InChI is InChI=1S/C17H21N3O/c1-3-20(4-2)16-9-8-14(17(21)11-16)12-18-13-15-7-5-6-10-19-15/h5-12,21H,3-4,13H2,1-2H3. The topological polar surface area (TPSA) is 48.7 Å². The van der Waals surface area contributed by atoms with Gasteiger partial charge in [0.15, 0.2) is 0 Å². The molecule has 0 spiro atoms. The largest absolute Gasteiger partial charge is 0.507 e. The molecule has 0 aliphatic rings. The Morgan fingerprint density at radius 3 is 2.62 bits per heavy atom. The van der Waals surface area contributed by atoms with E-state index in [1.807, 2.05) is 30.3 Å². The number of aromatic hydroxyl groups is 1. The van der Waals surface area contributed by atoms with Gasteiger partial charge in [0.05, 0.1) is 12.2 Å². The highest BCUT2D eigenvalue weighted by atomic mass is 16.3. The van der Waals surface area contributed by atoms with Crippen LogP contribution in [0.4, 0.5) is 5.69 Å². The molecule has 0 bridgehead atoms. The molecule has 1 heterocycles. The molecule has 2 rings (SSSR count). The fourth-order valence-corrected chi connectivity index (χ4v) is 2.16. The summed E-state index contributed by atoms with van der Waals surface area (Å²) in [7, 11) is 0. The summed E-state index contributed by atoms with van der Waals surface area (Å²) in [6.45, 7) is 6.55. The molecular weight excluding hydrogens is 262 g/mol. The quantitative estimate of drug-likeness (QED) is 0.828. The third kappa shape index (κ3) is 4.05. The number of nitrogens with zero attached hydrogens (tertiary/aromatic N) is 3. The van der Waals surface area contributed by atoms with Gasteiger partial charge >= 0.3 is 0 Å². The highest BCUT2D eigenvalue weighted by Gasteiger charge is 2.05. The van der Waals surface area contributed by atoms with Gasteiger partial charge in [-0.2, -0.15) is 0 Å². The maximum absolute atomic E-state index is 10.1. The van der Waals surface area contributed by atoms with Gasteiger partial charge in [0.2, 0.25) is 0 Å². The third-order valence-corrected chi connectivity index (χ3v) is 3.35. The average molecular weight is 283 g/mol. The van der Waals surface area contributed by atoms with Crippen molar-refractivity contribution in [2.45, 2.75) is 20.4 Å². The summed E-state index contributed by atoms with van der Waals surface area (Å²) in [6, 6.07) is 11.4. The molecule has 4 nitrogen and oxygen atoms in total. The Kier molecular flexibility index (Phi) is 5.32. The maximum Gasteiger partial charge on any atom is 0.126 e. The van der Waals surface area contributed by atoms with Crippen LogP contribution in [0.2, 0.25) is 0 Å². The first-order chi connectivity index (χ1) is 10.2. The van der Waals surface area contributed by atoms with E-state index in [4.69, 9.17) is 0 Å². The molecule has 0 aliphatic carbocycles. The zero-order chi connectivity index (χ0) is 15.1. The SMILES string of the molecule is CCN(CC)c1ccc(C=NCc2ccccn2)c(O)c1. The minimum absolute atomic E-state index is 0.254. The monoisotopic (exact) mass is 283 g/mol. The Morgan fingerprint density at radius 1 is 1.19 bits per heavy atom. The molecule has 0 aliphatic heterocycles. The van der Waals surface area contributed by atoms with Gasteiger partial charge in [0.25, 0.3) is 0 Å². The van der Waals surface area contributed by atoms with Crippen LogP contribution < -0.4 is 4.90 Å². The molecule has 0 amide bonds. The first kappa shape index (κ1) is 15.0. The molecule has 110 valence electrons. The van der Waals surface area contributed by atoms with E-state index in [1.165, 1.54) is 0 Å². The van der Waals surface area contributed by atoms with Crippen LogP contribution in [0, 0.1) is 0 Å². The third-order valence-electron chi connectivity index (χ3n) is 3.35. The second-order valence-electron chi connectivity index (χ2n) is 4.71. The number of rotatable bonds is 6. The van der Waals surface area contributed by atoms with Crippen molar-refractivity contribution in [2.24, 2.45) is 4.99 Å². The van der Waals surface area contributed by atoms with Gasteiger partial charge in [-0.15, -0.1) is 0 Å². The predicted molar refractivity (Wildman–Crippen MR) is 87.2 cm³/mol. The number of aliphatic imine (C=N–C) groups is 1. The summed E-state index contributed by atoms with van der Waals surface area (Å²) in [4.78, 5) is 10.7. The first-order valence-electron chi connectivity index (χ1n) is 7.22. The summed E-state index contributed by atoms with van der Waals surface area (Å²) < 4.78 is 0. The van der Waals surface area contributed by atoms with E-state index < -0.39 is 0 Å². The molecule has 1 N–H and O–H groups in total. The van der Waals surface area contributed by atoms with Crippen LogP contribution in [0.15, 0.2) is 47.6 Å². The number of phenols is 1. The number of pyridine rings is 1. The van der Waals surface area contributed by atoms with Crippen molar-refractivity contribution in [3.8, 4) is 5.75 Å². The lowest BCUT2D eigenvalue weighted by Crippen LogP contribution is -2.21. The van der Waals surface area contributed by atoms with Crippen molar-refractivity contribution in [3.63, 3.8) is 0 Å². The smallest absolute Gasteiger partial charge is 0.126 e. The van der Waals surface area contributed by atoms with Gasteiger partial charge in [-0.1, -0.05) is 6.07 Å². The highest BCUT2D eigenvalue weighted by Crippen LogP contribution is 2.23. The zero-order valence-corrected chi connectivity index (χ0v) is 12.5. The Balaban J connectivity index is 2.07. The second-order valence-corrected chi connectivity index (χ2v) is 4.71. The molecule has 0 radical (unpaired) electrons.